The molecule has 1 aliphatic rings. The number of aryl methyl sites for hydroxylation is 1. The van der Waals surface area contributed by atoms with Crippen LogP contribution in [0, 0.1) is 6.92 Å². The first-order chi connectivity index (χ1) is 15.6. The van der Waals surface area contributed by atoms with Crippen LogP contribution in [0.4, 0.5) is 0 Å². The van der Waals surface area contributed by atoms with Crippen LogP contribution in [0.25, 0.3) is 0 Å². The van der Waals surface area contributed by atoms with Crippen molar-refractivity contribution in [1.29, 1.82) is 0 Å². The monoisotopic (exact) mass is 456 g/mol. The van der Waals surface area contributed by atoms with Crippen molar-refractivity contribution < 1.29 is 13.9 Å². The first kappa shape index (κ1) is 23.0. The van der Waals surface area contributed by atoms with E-state index < -0.39 is 0 Å². The van der Waals surface area contributed by atoms with Gasteiger partial charge in [0.2, 0.25) is 0 Å². The summed E-state index contributed by atoms with van der Waals surface area (Å²) in [7, 11) is 3.74. The van der Waals surface area contributed by atoms with Gasteiger partial charge in [-0.1, -0.05) is 36.0 Å². The molecule has 2 aromatic heterocycles. The molecule has 0 aliphatic carbocycles. The summed E-state index contributed by atoms with van der Waals surface area (Å²) in [6.45, 7) is 5.66. The van der Waals surface area contributed by atoms with E-state index in [-0.39, 0.29) is 6.10 Å². The van der Waals surface area contributed by atoms with Crippen LogP contribution in [0.15, 0.2) is 46.0 Å². The molecule has 1 saturated heterocycles. The highest BCUT2D eigenvalue weighted by atomic mass is 32.2. The summed E-state index contributed by atoms with van der Waals surface area (Å²) in [6.07, 6.45) is 2.44. The number of aromatic nitrogens is 3. The van der Waals surface area contributed by atoms with Crippen molar-refractivity contribution >= 4 is 11.8 Å². The Morgan fingerprint density at radius 1 is 1.16 bits per heavy atom. The fraction of sp³-hybridized carbons (Fsp3) is 0.500. The van der Waals surface area contributed by atoms with Gasteiger partial charge in [0.1, 0.15) is 24.0 Å². The Bertz CT molecular complexity index is 997. The molecule has 3 aromatic rings. The molecule has 0 amide bonds. The molecule has 3 heterocycles. The Labute approximate surface area is 194 Å². The molecule has 1 fully saturated rings. The number of thioether (sulfide) groups is 1. The summed E-state index contributed by atoms with van der Waals surface area (Å²) in [6, 6.07) is 12.5. The summed E-state index contributed by atoms with van der Waals surface area (Å²) < 4.78 is 19.1. The molecule has 0 spiro atoms. The summed E-state index contributed by atoms with van der Waals surface area (Å²) in [5.74, 6) is 3.59. The van der Waals surface area contributed by atoms with Crippen LogP contribution in [0.1, 0.15) is 41.3 Å². The third-order valence-corrected chi connectivity index (χ3v) is 6.68. The van der Waals surface area contributed by atoms with Gasteiger partial charge in [-0.3, -0.25) is 4.90 Å². The molecule has 1 aliphatic heterocycles. The van der Waals surface area contributed by atoms with Crippen LogP contribution in [-0.4, -0.2) is 46.5 Å². The quantitative estimate of drug-likeness (QED) is 0.396. The molecule has 0 N–H and O–H groups in total. The van der Waals surface area contributed by atoms with Gasteiger partial charge in [-0.15, -0.1) is 10.2 Å². The average Bonchev–Trinajstić information content (AvgIpc) is 3.52. The van der Waals surface area contributed by atoms with Gasteiger partial charge in [-0.05, 0) is 50.1 Å². The van der Waals surface area contributed by atoms with Crippen molar-refractivity contribution in [2.75, 3.05) is 20.8 Å². The van der Waals surface area contributed by atoms with Crippen molar-refractivity contribution in [1.82, 2.24) is 19.7 Å². The zero-order valence-electron chi connectivity index (χ0n) is 19.1. The van der Waals surface area contributed by atoms with Gasteiger partial charge in [0.25, 0.3) is 0 Å². The smallest absolute Gasteiger partial charge is 0.191 e. The highest BCUT2D eigenvalue weighted by Gasteiger charge is 2.22. The normalized spacial score (nSPS) is 16.3. The maximum absolute atomic E-state index is 5.92. The number of benzene rings is 1. The molecule has 7 nitrogen and oxygen atoms in total. The van der Waals surface area contributed by atoms with Crippen LogP contribution >= 0.6 is 11.8 Å². The molecule has 1 aromatic carbocycles. The topological polar surface area (TPSA) is 65.5 Å². The molecule has 0 unspecified atom stereocenters. The highest BCUT2D eigenvalue weighted by molar-refractivity contribution is 7.98. The summed E-state index contributed by atoms with van der Waals surface area (Å²) in [5.41, 5.74) is 2.63. The molecule has 172 valence electrons. The number of hydrogen-bond donors (Lipinski definition) is 0. The molecule has 0 bridgehead atoms. The predicted molar refractivity (Wildman–Crippen MR) is 124 cm³/mol. The van der Waals surface area contributed by atoms with Gasteiger partial charge >= 0.3 is 0 Å². The van der Waals surface area contributed by atoms with Crippen LogP contribution in [0.3, 0.4) is 0 Å². The minimum Gasteiger partial charge on any atom is -0.462 e. The summed E-state index contributed by atoms with van der Waals surface area (Å²) in [5, 5.41) is 10.1. The first-order valence-electron chi connectivity index (χ1n) is 11.1. The zero-order chi connectivity index (χ0) is 22.3. The second-order valence-electron chi connectivity index (χ2n) is 8.33. The third-order valence-electron chi connectivity index (χ3n) is 5.66. The minimum atomic E-state index is 0.231. The lowest BCUT2D eigenvalue weighted by atomic mass is 10.1. The van der Waals surface area contributed by atoms with Gasteiger partial charge in [-0.25, -0.2) is 0 Å². The van der Waals surface area contributed by atoms with Gasteiger partial charge < -0.3 is 18.5 Å². The van der Waals surface area contributed by atoms with Gasteiger partial charge in [0.15, 0.2) is 5.16 Å². The number of nitrogens with zero attached hydrogens (tertiary/aromatic N) is 4. The van der Waals surface area contributed by atoms with E-state index in [1.165, 1.54) is 11.1 Å². The van der Waals surface area contributed by atoms with Gasteiger partial charge in [-0.2, -0.15) is 0 Å². The van der Waals surface area contributed by atoms with Crippen molar-refractivity contribution in [3.8, 4) is 0 Å². The fourth-order valence-corrected chi connectivity index (χ4v) is 4.97. The SMILES string of the molecule is COCc1ccc(CN(C)Cc2nnc(SCc3ccccc3C)n2C[C@H]2CCCO2)o1. The van der Waals surface area contributed by atoms with Crippen molar-refractivity contribution in [2.24, 2.45) is 0 Å². The van der Waals surface area contributed by atoms with E-state index in [2.05, 4.69) is 57.9 Å². The van der Waals surface area contributed by atoms with Crippen molar-refractivity contribution in [3.63, 3.8) is 0 Å². The molecule has 0 saturated carbocycles. The molecule has 1 atom stereocenters. The number of ether oxygens (including phenoxy) is 2. The number of methoxy groups -OCH3 is 1. The highest BCUT2D eigenvalue weighted by Crippen LogP contribution is 2.26. The fourth-order valence-electron chi connectivity index (χ4n) is 3.92. The van der Waals surface area contributed by atoms with Crippen LogP contribution in [-0.2, 0) is 41.5 Å². The lowest BCUT2D eigenvalue weighted by molar-refractivity contribution is 0.0933. The Morgan fingerprint density at radius 2 is 2.00 bits per heavy atom. The van der Waals surface area contributed by atoms with Gasteiger partial charge in [0.05, 0.1) is 25.7 Å². The molecule has 8 heteroatoms. The second-order valence-corrected chi connectivity index (χ2v) is 9.28. The molecular formula is C24H32N4O3S. The second kappa shape index (κ2) is 11.1. The van der Waals surface area contributed by atoms with Crippen molar-refractivity contribution in [2.45, 2.75) is 63.0 Å². The molecule has 0 radical (unpaired) electrons. The molecule has 4 rings (SSSR count). The average molecular weight is 457 g/mol. The number of hydrogen-bond acceptors (Lipinski definition) is 7. The Morgan fingerprint density at radius 3 is 2.78 bits per heavy atom. The van der Waals surface area contributed by atoms with E-state index in [1.54, 1.807) is 18.9 Å². The summed E-state index contributed by atoms with van der Waals surface area (Å²) in [4.78, 5) is 2.20. The predicted octanol–water partition coefficient (Wildman–Crippen LogP) is 4.43. The van der Waals surface area contributed by atoms with Crippen LogP contribution < -0.4 is 0 Å². The Kier molecular flexibility index (Phi) is 8.02. The standard InChI is InChI=1S/C24H32N4O3S/c1-18-7-4-5-8-19(18)17-32-24-26-25-23(28(24)14-20-9-6-12-30-20)15-27(2)13-21-10-11-22(31-21)16-29-3/h4-5,7-8,10-11,20H,6,9,12-17H2,1-3H3/t20-/m1/s1. The van der Waals surface area contributed by atoms with E-state index in [0.717, 1.165) is 54.2 Å². The Hall–Kier alpha value is -2.13. The van der Waals surface area contributed by atoms with E-state index >= 15 is 0 Å². The van der Waals surface area contributed by atoms with Crippen LogP contribution in [0.2, 0.25) is 0 Å². The van der Waals surface area contributed by atoms with Gasteiger partial charge in [0, 0.05) is 19.5 Å². The summed E-state index contributed by atoms with van der Waals surface area (Å²) >= 11 is 1.74. The van der Waals surface area contributed by atoms with E-state index in [4.69, 9.17) is 13.9 Å². The lowest BCUT2D eigenvalue weighted by Crippen LogP contribution is -2.23. The minimum absolute atomic E-state index is 0.231. The number of furan rings is 1. The molecule has 32 heavy (non-hydrogen) atoms. The maximum atomic E-state index is 5.92. The Balaban J connectivity index is 1.45. The molecular weight excluding hydrogens is 424 g/mol. The van der Waals surface area contributed by atoms with Crippen molar-refractivity contribution in [3.05, 3.63) is 64.9 Å². The first-order valence-corrected chi connectivity index (χ1v) is 12.1. The largest absolute Gasteiger partial charge is 0.462 e. The lowest BCUT2D eigenvalue weighted by Gasteiger charge is -2.18. The third kappa shape index (κ3) is 6.01. The number of rotatable bonds is 11. The van der Waals surface area contributed by atoms with E-state index in [1.807, 2.05) is 12.1 Å². The zero-order valence-corrected chi connectivity index (χ0v) is 19.9. The van der Waals surface area contributed by atoms with Crippen LogP contribution in [0.5, 0.6) is 0 Å². The maximum Gasteiger partial charge on any atom is 0.191 e. The van der Waals surface area contributed by atoms with E-state index in [9.17, 15) is 0 Å². The van der Waals surface area contributed by atoms with E-state index in [0.29, 0.717) is 19.7 Å².